The predicted molar refractivity (Wildman–Crippen MR) is 118 cm³/mol. The number of ketones is 1. The number of anilines is 1. The summed E-state index contributed by atoms with van der Waals surface area (Å²) in [4.78, 5) is 38.1. The SMILES string of the molecule is C[C@@H]1C(=O)Nc2ccc(C(=O)COC(=O)/C=C/c3ccc(-c4ccccc4)s3)cc21. The summed E-state index contributed by atoms with van der Waals surface area (Å²) in [7, 11) is 0. The Bertz CT molecular complexity index is 1150. The Morgan fingerprint density at radius 1 is 1.10 bits per heavy atom. The summed E-state index contributed by atoms with van der Waals surface area (Å²) < 4.78 is 5.09. The summed E-state index contributed by atoms with van der Waals surface area (Å²) in [6.45, 7) is 1.44. The number of nitrogens with one attached hydrogen (secondary N) is 1. The van der Waals surface area contributed by atoms with E-state index in [1.807, 2.05) is 42.5 Å². The zero-order valence-electron chi connectivity index (χ0n) is 16.3. The van der Waals surface area contributed by atoms with Gasteiger partial charge < -0.3 is 10.1 Å². The van der Waals surface area contributed by atoms with Crippen molar-refractivity contribution in [3.05, 3.63) is 82.7 Å². The minimum absolute atomic E-state index is 0.0878. The van der Waals surface area contributed by atoms with Crippen molar-refractivity contribution in [2.24, 2.45) is 0 Å². The van der Waals surface area contributed by atoms with E-state index >= 15 is 0 Å². The van der Waals surface area contributed by atoms with Crippen LogP contribution in [0.25, 0.3) is 16.5 Å². The maximum atomic E-state index is 12.4. The molecule has 1 aliphatic heterocycles. The highest BCUT2D eigenvalue weighted by Crippen LogP contribution is 2.32. The van der Waals surface area contributed by atoms with Crippen molar-refractivity contribution in [3.8, 4) is 10.4 Å². The highest BCUT2D eigenvalue weighted by Gasteiger charge is 2.27. The topological polar surface area (TPSA) is 72.5 Å². The Morgan fingerprint density at radius 2 is 1.90 bits per heavy atom. The number of benzene rings is 2. The van der Waals surface area contributed by atoms with Gasteiger partial charge in [0, 0.05) is 27.1 Å². The lowest BCUT2D eigenvalue weighted by molar-refractivity contribution is -0.136. The van der Waals surface area contributed by atoms with Gasteiger partial charge in [-0.2, -0.15) is 0 Å². The number of carbonyl (C=O) groups is 3. The highest BCUT2D eigenvalue weighted by atomic mass is 32.1. The fourth-order valence-corrected chi connectivity index (χ4v) is 4.12. The summed E-state index contributed by atoms with van der Waals surface area (Å²) >= 11 is 1.57. The van der Waals surface area contributed by atoms with Gasteiger partial charge in [-0.25, -0.2) is 4.79 Å². The third-order valence-electron chi connectivity index (χ3n) is 4.91. The zero-order chi connectivity index (χ0) is 21.1. The fourth-order valence-electron chi connectivity index (χ4n) is 3.21. The number of thiophene rings is 1. The van der Waals surface area contributed by atoms with Gasteiger partial charge in [-0.05, 0) is 54.5 Å². The van der Waals surface area contributed by atoms with E-state index in [1.54, 1.807) is 42.5 Å². The average Bonchev–Trinajstić information content (AvgIpc) is 3.35. The van der Waals surface area contributed by atoms with Crippen LogP contribution in [0.2, 0.25) is 0 Å². The number of hydrogen-bond acceptors (Lipinski definition) is 5. The van der Waals surface area contributed by atoms with Crippen LogP contribution in [0, 0.1) is 0 Å². The molecule has 1 N–H and O–H groups in total. The highest BCUT2D eigenvalue weighted by molar-refractivity contribution is 7.16. The quantitative estimate of drug-likeness (QED) is 0.351. The van der Waals surface area contributed by atoms with E-state index in [0.717, 1.165) is 26.6 Å². The molecule has 2 aromatic carbocycles. The van der Waals surface area contributed by atoms with Gasteiger partial charge in [0.2, 0.25) is 5.91 Å². The van der Waals surface area contributed by atoms with Crippen LogP contribution in [0.4, 0.5) is 5.69 Å². The van der Waals surface area contributed by atoms with Crippen molar-refractivity contribution in [1.29, 1.82) is 0 Å². The standard InChI is InChI=1S/C24H19NO4S/c1-15-19-13-17(7-10-20(19)25-24(15)28)21(26)14-29-23(27)12-9-18-8-11-22(30-18)16-5-3-2-4-6-16/h2-13,15H,14H2,1H3,(H,25,28)/b12-9+/t15-/m0/s1. The van der Waals surface area contributed by atoms with Crippen molar-refractivity contribution in [1.82, 2.24) is 0 Å². The lowest BCUT2D eigenvalue weighted by Crippen LogP contribution is -2.12. The van der Waals surface area contributed by atoms with E-state index in [0.29, 0.717) is 5.56 Å². The molecule has 150 valence electrons. The molecule has 1 amide bonds. The van der Waals surface area contributed by atoms with E-state index in [1.165, 1.54) is 6.08 Å². The van der Waals surface area contributed by atoms with Crippen molar-refractivity contribution in [2.75, 3.05) is 11.9 Å². The maximum absolute atomic E-state index is 12.4. The molecule has 3 aromatic rings. The van der Waals surface area contributed by atoms with Crippen LogP contribution in [-0.4, -0.2) is 24.3 Å². The molecule has 0 radical (unpaired) electrons. The van der Waals surface area contributed by atoms with Gasteiger partial charge in [0.05, 0.1) is 5.92 Å². The van der Waals surface area contributed by atoms with Crippen LogP contribution in [0.15, 0.2) is 66.7 Å². The van der Waals surface area contributed by atoms with Gasteiger partial charge in [0.25, 0.3) is 0 Å². The number of esters is 1. The molecule has 1 atom stereocenters. The van der Waals surface area contributed by atoms with Crippen molar-refractivity contribution >= 4 is 40.8 Å². The fraction of sp³-hybridized carbons (Fsp3) is 0.125. The summed E-state index contributed by atoms with van der Waals surface area (Å²) in [5.74, 6) is -1.28. The summed E-state index contributed by atoms with van der Waals surface area (Å²) in [5.41, 5.74) is 3.04. The molecule has 0 unspecified atom stereocenters. The van der Waals surface area contributed by atoms with Gasteiger partial charge in [-0.3, -0.25) is 9.59 Å². The molecule has 1 aliphatic rings. The lowest BCUT2D eigenvalue weighted by Gasteiger charge is -2.05. The second-order valence-corrected chi connectivity index (χ2v) is 8.06. The normalized spacial score (nSPS) is 15.1. The van der Waals surface area contributed by atoms with E-state index < -0.39 is 5.97 Å². The van der Waals surface area contributed by atoms with Crippen molar-refractivity contribution < 1.29 is 19.1 Å². The second kappa shape index (κ2) is 8.47. The second-order valence-electron chi connectivity index (χ2n) is 6.95. The van der Waals surface area contributed by atoms with Crippen LogP contribution in [-0.2, 0) is 14.3 Å². The van der Waals surface area contributed by atoms with Gasteiger partial charge in [0.1, 0.15) is 0 Å². The number of amides is 1. The molecule has 0 saturated carbocycles. The first kappa shape index (κ1) is 19.8. The van der Waals surface area contributed by atoms with Gasteiger partial charge in [0.15, 0.2) is 12.4 Å². The Morgan fingerprint density at radius 3 is 2.70 bits per heavy atom. The average molecular weight is 417 g/mol. The molecule has 2 heterocycles. The third kappa shape index (κ3) is 4.23. The first-order valence-electron chi connectivity index (χ1n) is 9.49. The van der Waals surface area contributed by atoms with Crippen LogP contribution in [0.1, 0.15) is 33.6 Å². The predicted octanol–water partition coefficient (Wildman–Crippen LogP) is 4.91. The van der Waals surface area contributed by atoms with Crippen LogP contribution in [0.3, 0.4) is 0 Å². The molecule has 0 saturated heterocycles. The Hall–Kier alpha value is -3.51. The minimum atomic E-state index is -0.579. The molecular formula is C24H19NO4S. The Labute approximate surface area is 178 Å². The first-order chi connectivity index (χ1) is 14.5. The number of rotatable bonds is 6. The van der Waals surface area contributed by atoms with E-state index in [4.69, 9.17) is 4.74 Å². The van der Waals surface area contributed by atoms with Crippen LogP contribution < -0.4 is 5.32 Å². The molecule has 1 aromatic heterocycles. The van der Waals surface area contributed by atoms with Crippen molar-refractivity contribution in [3.63, 3.8) is 0 Å². The zero-order valence-corrected chi connectivity index (χ0v) is 17.1. The van der Waals surface area contributed by atoms with E-state index in [9.17, 15) is 14.4 Å². The van der Waals surface area contributed by atoms with E-state index in [-0.39, 0.29) is 24.2 Å². The Kier molecular flexibility index (Phi) is 5.59. The molecule has 30 heavy (non-hydrogen) atoms. The maximum Gasteiger partial charge on any atom is 0.331 e. The molecule has 6 heteroatoms. The molecule has 0 bridgehead atoms. The number of carbonyl (C=O) groups excluding carboxylic acids is 3. The summed E-state index contributed by atoms with van der Waals surface area (Å²) in [5, 5.41) is 2.76. The summed E-state index contributed by atoms with van der Waals surface area (Å²) in [6.07, 6.45) is 3.00. The van der Waals surface area contributed by atoms with Gasteiger partial charge in [-0.15, -0.1) is 11.3 Å². The number of fused-ring (bicyclic) bond motifs is 1. The van der Waals surface area contributed by atoms with Crippen molar-refractivity contribution in [2.45, 2.75) is 12.8 Å². The molecule has 0 aliphatic carbocycles. The molecule has 0 fully saturated rings. The van der Waals surface area contributed by atoms with Gasteiger partial charge >= 0.3 is 5.97 Å². The third-order valence-corrected chi connectivity index (χ3v) is 6.01. The first-order valence-corrected chi connectivity index (χ1v) is 10.3. The molecular weight excluding hydrogens is 398 g/mol. The lowest BCUT2D eigenvalue weighted by atomic mass is 9.99. The largest absolute Gasteiger partial charge is 0.454 e. The molecule has 4 rings (SSSR count). The summed E-state index contributed by atoms with van der Waals surface area (Å²) in [6, 6.07) is 18.9. The van der Waals surface area contributed by atoms with Gasteiger partial charge in [-0.1, -0.05) is 30.3 Å². The smallest absolute Gasteiger partial charge is 0.331 e. The number of Topliss-reactive ketones (excluding diaryl/α,β-unsaturated/α-hetero) is 1. The molecule has 5 nitrogen and oxygen atoms in total. The van der Waals surface area contributed by atoms with E-state index in [2.05, 4.69) is 5.32 Å². The van der Waals surface area contributed by atoms with Crippen LogP contribution in [0.5, 0.6) is 0 Å². The number of hydrogen-bond donors (Lipinski definition) is 1. The Balaban J connectivity index is 1.34. The monoisotopic (exact) mass is 417 g/mol. The molecule has 0 spiro atoms. The number of ether oxygens (including phenoxy) is 1. The van der Waals surface area contributed by atoms with Crippen LogP contribution >= 0.6 is 11.3 Å². The minimum Gasteiger partial charge on any atom is -0.454 e.